The topological polar surface area (TPSA) is 79.5 Å². The molecular formula is C21H21N3O3. The Morgan fingerprint density at radius 3 is 2.85 bits per heavy atom. The minimum absolute atomic E-state index is 0.235. The highest BCUT2D eigenvalue weighted by Gasteiger charge is 2.29. The Kier molecular flexibility index (Phi) is 4.73. The van der Waals surface area contributed by atoms with Gasteiger partial charge in [0.15, 0.2) is 0 Å². The van der Waals surface area contributed by atoms with Crippen molar-refractivity contribution in [3.63, 3.8) is 0 Å². The van der Waals surface area contributed by atoms with Crippen LogP contribution in [-0.4, -0.2) is 32.5 Å². The molecular weight excluding hydrogens is 342 g/mol. The molecule has 0 saturated carbocycles. The van der Waals surface area contributed by atoms with Crippen LogP contribution < -0.4 is 0 Å². The summed E-state index contributed by atoms with van der Waals surface area (Å²) in [6.45, 7) is 3.63. The molecule has 1 saturated heterocycles. The first-order valence-electron chi connectivity index (χ1n) is 9.06. The number of aryl methyl sites for hydroxylation is 1. The van der Waals surface area contributed by atoms with Gasteiger partial charge in [0.2, 0.25) is 0 Å². The maximum Gasteiger partial charge on any atom is 0.336 e. The second-order valence-corrected chi connectivity index (χ2v) is 6.77. The number of aromatic carboxylic acids is 1. The first kappa shape index (κ1) is 17.4. The van der Waals surface area contributed by atoms with Crippen LogP contribution in [-0.2, 0) is 6.54 Å². The van der Waals surface area contributed by atoms with Crippen molar-refractivity contribution in [3.05, 3.63) is 71.5 Å². The zero-order chi connectivity index (χ0) is 18.8. The molecule has 6 nitrogen and oxygen atoms in total. The number of hydrogen-bond acceptors (Lipinski definition) is 5. The molecule has 1 atom stereocenters. The van der Waals surface area contributed by atoms with Gasteiger partial charge >= 0.3 is 5.97 Å². The number of carboxylic acid groups (broad SMARTS) is 1. The van der Waals surface area contributed by atoms with Crippen molar-refractivity contribution in [2.75, 3.05) is 6.54 Å². The molecule has 0 bridgehead atoms. The third-order valence-electron chi connectivity index (χ3n) is 5.04. The number of furan rings is 1. The third kappa shape index (κ3) is 3.48. The van der Waals surface area contributed by atoms with Gasteiger partial charge in [-0.15, -0.1) is 0 Å². The molecule has 2 aromatic heterocycles. The smallest absolute Gasteiger partial charge is 0.336 e. The molecule has 0 spiro atoms. The predicted octanol–water partition coefficient (Wildman–Crippen LogP) is 4.08. The van der Waals surface area contributed by atoms with E-state index in [0.29, 0.717) is 17.9 Å². The average molecular weight is 363 g/mol. The SMILES string of the molecule is Cc1nccnc1C1CCCN1Cc1ccc(-c2ccccc2C(=O)O)o1. The van der Waals surface area contributed by atoms with Crippen molar-refractivity contribution in [1.29, 1.82) is 0 Å². The lowest BCUT2D eigenvalue weighted by atomic mass is 10.1. The largest absolute Gasteiger partial charge is 0.478 e. The van der Waals surface area contributed by atoms with Crippen LogP contribution in [0.1, 0.15) is 46.4 Å². The van der Waals surface area contributed by atoms with Crippen LogP contribution in [0.2, 0.25) is 0 Å². The lowest BCUT2D eigenvalue weighted by molar-refractivity contribution is 0.0697. The molecule has 1 unspecified atom stereocenters. The molecule has 1 N–H and O–H groups in total. The van der Waals surface area contributed by atoms with Crippen LogP contribution >= 0.6 is 0 Å². The summed E-state index contributed by atoms with van der Waals surface area (Å²) in [5.41, 5.74) is 2.83. The van der Waals surface area contributed by atoms with Crippen molar-refractivity contribution in [3.8, 4) is 11.3 Å². The number of benzene rings is 1. The average Bonchev–Trinajstić information content (AvgIpc) is 3.32. The summed E-state index contributed by atoms with van der Waals surface area (Å²) < 4.78 is 6.00. The Bertz CT molecular complexity index is 967. The number of carbonyl (C=O) groups is 1. The number of carboxylic acids is 1. The van der Waals surface area contributed by atoms with Crippen molar-refractivity contribution >= 4 is 5.97 Å². The zero-order valence-corrected chi connectivity index (χ0v) is 15.1. The van der Waals surface area contributed by atoms with E-state index in [1.165, 1.54) is 0 Å². The molecule has 138 valence electrons. The molecule has 0 radical (unpaired) electrons. The highest BCUT2D eigenvalue weighted by atomic mass is 16.4. The molecule has 1 aliphatic rings. The summed E-state index contributed by atoms with van der Waals surface area (Å²) in [4.78, 5) is 22.7. The van der Waals surface area contributed by atoms with Crippen LogP contribution in [0.5, 0.6) is 0 Å². The van der Waals surface area contributed by atoms with E-state index in [1.54, 1.807) is 30.6 Å². The highest BCUT2D eigenvalue weighted by Crippen LogP contribution is 2.34. The van der Waals surface area contributed by atoms with E-state index in [1.807, 2.05) is 25.1 Å². The van der Waals surface area contributed by atoms with Crippen molar-refractivity contribution in [2.45, 2.75) is 32.4 Å². The molecule has 0 aliphatic carbocycles. The lowest BCUT2D eigenvalue weighted by Crippen LogP contribution is -2.24. The summed E-state index contributed by atoms with van der Waals surface area (Å²) in [7, 11) is 0. The van der Waals surface area contributed by atoms with Gasteiger partial charge in [0, 0.05) is 18.0 Å². The number of aromatic nitrogens is 2. The third-order valence-corrected chi connectivity index (χ3v) is 5.04. The molecule has 3 aromatic rings. The zero-order valence-electron chi connectivity index (χ0n) is 15.1. The maximum absolute atomic E-state index is 11.4. The van der Waals surface area contributed by atoms with E-state index in [4.69, 9.17) is 4.42 Å². The Labute approximate surface area is 157 Å². The van der Waals surface area contributed by atoms with Gasteiger partial charge in [0.1, 0.15) is 11.5 Å². The summed E-state index contributed by atoms with van der Waals surface area (Å²) >= 11 is 0. The van der Waals surface area contributed by atoms with Gasteiger partial charge in [-0.3, -0.25) is 14.9 Å². The molecule has 3 heterocycles. The van der Waals surface area contributed by atoms with Crippen LogP contribution in [0, 0.1) is 6.92 Å². The number of likely N-dealkylation sites (tertiary alicyclic amines) is 1. The van der Waals surface area contributed by atoms with Crippen LogP contribution in [0.15, 0.2) is 53.2 Å². The number of rotatable bonds is 5. The van der Waals surface area contributed by atoms with Gasteiger partial charge in [0.25, 0.3) is 0 Å². The summed E-state index contributed by atoms with van der Waals surface area (Å²) in [6, 6.07) is 10.9. The van der Waals surface area contributed by atoms with Gasteiger partial charge < -0.3 is 9.52 Å². The summed E-state index contributed by atoms with van der Waals surface area (Å²) in [5, 5.41) is 9.39. The highest BCUT2D eigenvalue weighted by molar-refractivity contribution is 5.95. The monoisotopic (exact) mass is 363 g/mol. The minimum Gasteiger partial charge on any atom is -0.478 e. The molecule has 1 fully saturated rings. The Morgan fingerprint density at radius 2 is 2.04 bits per heavy atom. The van der Waals surface area contributed by atoms with E-state index in [9.17, 15) is 9.90 Å². The van der Waals surface area contributed by atoms with Gasteiger partial charge in [-0.2, -0.15) is 0 Å². The Hall–Kier alpha value is -2.99. The van der Waals surface area contributed by atoms with Gasteiger partial charge in [-0.05, 0) is 44.5 Å². The van der Waals surface area contributed by atoms with Crippen LogP contribution in [0.4, 0.5) is 0 Å². The van der Waals surface area contributed by atoms with E-state index in [-0.39, 0.29) is 11.6 Å². The van der Waals surface area contributed by atoms with Crippen molar-refractivity contribution in [2.24, 2.45) is 0 Å². The first-order chi connectivity index (χ1) is 13.1. The normalized spacial score (nSPS) is 17.3. The van der Waals surface area contributed by atoms with Crippen LogP contribution in [0.25, 0.3) is 11.3 Å². The molecule has 27 heavy (non-hydrogen) atoms. The molecule has 6 heteroatoms. The molecule has 4 rings (SSSR count). The van der Waals surface area contributed by atoms with E-state index in [0.717, 1.165) is 36.5 Å². The molecule has 1 aromatic carbocycles. The second-order valence-electron chi connectivity index (χ2n) is 6.77. The summed E-state index contributed by atoms with van der Waals surface area (Å²) in [5.74, 6) is 0.439. The number of hydrogen-bond donors (Lipinski definition) is 1. The quantitative estimate of drug-likeness (QED) is 0.736. The Morgan fingerprint density at radius 1 is 1.22 bits per heavy atom. The summed E-state index contributed by atoms with van der Waals surface area (Å²) in [6.07, 6.45) is 5.62. The number of nitrogens with zero attached hydrogens (tertiary/aromatic N) is 3. The van der Waals surface area contributed by atoms with Crippen molar-refractivity contribution < 1.29 is 14.3 Å². The molecule has 0 amide bonds. The van der Waals surface area contributed by atoms with Crippen LogP contribution in [0.3, 0.4) is 0 Å². The standard InChI is InChI=1S/C21H21N3O3/c1-14-20(23-11-10-22-14)18-7-4-12-24(18)13-15-8-9-19(27-15)16-5-2-3-6-17(16)21(25)26/h2-3,5-6,8-11,18H,4,7,12-13H2,1H3,(H,25,26). The predicted molar refractivity (Wildman–Crippen MR) is 100 cm³/mol. The second kappa shape index (κ2) is 7.32. The fourth-order valence-electron chi connectivity index (χ4n) is 3.76. The Balaban J connectivity index is 1.56. The fourth-order valence-corrected chi connectivity index (χ4v) is 3.76. The van der Waals surface area contributed by atoms with Gasteiger partial charge in [-0.1, -0.05) is 18.2 Å². The maximum atomic E-state index is 11.4. The van der Waals surface area contributed by atoms with E-state index in [2.05, 4.69) is 14.9 Å². The fraction of sp³-hybridized carbons (Fsp3) is 0.286. The van der Waals surface area contributed by atoms with Crippen molar-refractivity contribution in [1.82, 2.24) is 14.9 Å². The van der Waals surface area contributed by atoms with Gasteiger partial charge in [0.05, 0.1) is 29.5 Å². The molecule has 1 aliphatic heterocycles. The van der Waals surface area contributed by atoms with Gasteiger partial charge in [-0.25, -0.2) is 4.79 Å². The lowest BCUT2D eigenvalue weighted by Gasteiger charge is -2.23. The van der Waals surface area contributed by atoms with E-state index >= 15 is 0 Å². The van der Waals surface area contributed by atoms with E-state index < -0.39 is 5.97 Å². The first-order valence-corrected chi connectivity index (χ1v) is 9.06. The minimum atomic E-state index is -0.957.